The van der Waals surface area contributed by atoms with Gasteiger partial charge in [0.1, 0.15) is 30.1 Å². The zero-order valence-electron chi connectivity index (χ0n) is 19.6. The van der Waals surface area contributed by atoms with Crippen LogP contribution in [0.3, 0.4) is 0 Å². The number of nitrogens with zero attached hydrogens (tertiary/aromatic N) is 3. The minimum atomic E-state index is -0.325. The van der Waals surface area contributed by atoms with Crippen LogP contribution in [-0.2, 0) is 9.63 Å². The molecule has 178 valence electrons. The molecular formula is C27H30FN3O3. The van der Waals surface area contributed by atoms with E-state index < -0.39 is 0 Å². The molecule has 1 aromatic carbocycles. The molecule has 2 aromatic rings. The number of aromatic nitrogens is 1. The van der Waals surface area contributed by atoms with Gasteiger partial charge in [-0.2, -0.15) is 0 Å². The van der Waals surface area contributed by atoms with Crippen molar-refractivity contribution in [1.82, 2.24) is 10.1 Å². The van der Waals surface area contributed by atoms with E-state index in [1.54, 1.807) is 29.3 Å². The predicted octanol–water partition coefficient (Wildman–Crippen LogP) is 6.22. The Bertz CT molecular complexity index is 1060. The van der Waals surface area contributed by atoms with Gasteiger partial charge in [-0.05, 0) is 49.4 Å². The Labute approximate surface area is 200 Å². The first-order chi connectivity index (χ1) is 16.6. The Kier molecular flexibility index (Phi) is 11.5. The minimum absolute atomic E-state index is 0.244. The third-order valence-corrected chi connectivity index (χ3v) is 4.46. The summed E-state index contributed by atoms with van der Waals surface area (Å²) >= 11 is 0. The number of oxime groups is 1. The second kappa shape index (κ2) is 14.9. The molecule has 2 rings (SSSR count). The lowest BCUT2D eigenvalue weighted by Gasteiger charge is -2.16. The van der Waals surface area contributed by atoms with Gasteiger partial charge in [0.25, 0.3) is 0 Å². The van der Waals surface area contributed by atoms with Crippen molar-refractivity contribution < 1.29 is 18.5 Å². The van der Waals surface area contributed by atoms with Gasteiger partial charge in [-0.1, -0.05) is 60.3 Å². The molecule has 1 heterocycles. The van der Waals surface area contributed by atoms with Gasteiger partial charge in [0.05, 0.1) is 6.54 Å². The molecule has 0 atom stereocenters. The molecule has 6 nitrogen and oxygen atoms in total. The molecule has 0 bridgehead atoms. The molecule has 0 spiro atoms. The summed E-state index contributed by atoms with van der Waals surface area (Å²) < 4.78 is 18.8. The lowest BCUT2D eigenvalue weighted by molar-refractivity contribution is -0.107. The number of hydrogen-bond acceptors (Lipinski definition) is 6. The third kappa shape index (κ3) is 8.86. The van der Waals surface area contributed by atoms with E-state index in [1.807, 2.05) is 56.5 Å². The van der Waals surface area contributed by atoms with Crippen LogP contribution in [0, 0.1) is 5.82 Å². The quantitative estimate of drug-likeness (QED) is 0.109. The fourth-order valence-electron chi connectivity index (χ4n) is 2.76. The van der Waals surface area contributed by atoms with Crippen LogP contribution in [0.1, 0.15) is 32.4 Å². The van der Waals surface area contributed by atoms with Crippen molar-refractivity contribution in [3.63, 3.8) is 0 Å². The van der Waals surface area contributed by atoms with E-state index in [0.717, 1.165) is 23.8 Å². The maximum atomic E-state index is 13.2. The maximum Gasteiger partial charge on any atom is 0.186 e. The molecule has 34 heavy (non-hydrogen) atoms. The van der Waals surface area contributed by atoms with Crippen LogP contribution in [0.4, 0.5) is 4.39 Å². The SMILES string of the molecule is C=CN(/C=C(/C=C\C=C/C=C\C)CC=O)C/C(=N\OCCC)c1cc(-c2ccc(F)cc2)no1. The molecule has 0 fully saturated rings. The zero-order chi connectivity index (χ0) is 24.6. The number of hydrogen-bond donors (Lipinski definition) is 0. The van der Waals surface area contributed by atoms with Crippen LogP contribution in [0.15, 0.2) is 101 Å². The highest BCUT2D eigenvalue weighted by Crippen LogP contribution is 2.20. The number of benzene rings is 1. The van der Waals surface area contributed by atoms with Gasteiger partial charge in [0.2, 0.25) is 0 Å². The van der Waals surface area contributed by atoms with Gasteiger partial charge < -0.3 is 19.1 Å². The molecular weight excluding hydrogens is 433 g/mol. The lowest BCUT2D eigenvalue weighted by Crippen LogP contribution is -2.21. The van der Waals surface area contributed by atoms with Crippen molar-refractivity contribution >= 4 is 12.0 Å². The molecule has 0 saturated carbocycles. The number of halogens is 1. The Hall–Kier alpha value is -4.00. The van der Waals surface area contributed by atoms with Crippen LogP contribution >= 0.6 is 0 Å². The Morgan fingerprint density at radius 2 is 2.00 bits per heavy atom. The summed E-state index contributed by atoms with van der Waals surface area (Å²) in [5.41, 5.74) is 2.55. The highest BCUT2D eigenvalue weighted by Gasteiger charge is 2.16. The van der Waals surface area contributed by atoms with Crippen LogP contribution in [0.5, 0.6) is 0 Å². The van der Waals surface area contributed by atoms with Crippen LogP contribution in [0.2, 0.25) is 0 Å². The number of carbonyl (C=O) groups is 1. The highest BCUT2D eigenvalue weighted by molar-refractivity contribution is 6.00. The highest BCUT2D eigenvalue weighted by atomic mass is 19.1. The summed E-state index contributed by atoms with van der Waals surface area (Å²) in [5, 5.41) is 8.33. The van der Waals surface area contributed by atoms with E-state index in [9.17, 15) is 9.18 Å². The summed E-state index contributed by atoms with van der Waals surface area (Å²) in [5.74, 6) is 0.0889. The van der Waals surface area contributed by atoms with E-state index in [-0.39, 0.29) is 18.8 Å². The Morgan fingerprint density at radius 3 is 2.68 bits per heavy atom. The summed E-state index contributed by atoms with van der Waals surface area (Å²) in [4.78, 5) is 18.4. The van der Waals surface area contributed by atoms with Crippen molar-refractivity contribution in [3.05, 3.63) is 103 Å². The molecule has 0 saturated heterocycles. The van der Waals surface area contributed by atoms with E-state index in [2.05, 4.69) is 16.9 Å². The monoisotopic (exact) mass is 463 g/mol. The average molecular weight is 464 g/mol. The Balaban J connectivity index is 2.28. The van der Waals surface area contributed by atoms with Crippen molar-refractivity contribution in [3.8, 4) is 11.3 Å². The van der Waals surface area contributed by atoms with Gasteiger partial charge >= 0.3 is 0 Å². The molecule has 1 aromatic heterocycles. The lowest BCUT2D eigenvalue weighted by atomic mass is 10.1. The van der Waals surface area contributed by atoms with Gasteiger partial charge in [0, 0.05) is 24.3 Å². The standard InChI is InChI=1S/C27H30FN3O3/c1-4-7-8-9-10-11-22(16-17-32)20-31(6-3)21-26(29-33-18-5-2)27-19-25(30-34-27)23-12-14-24(28)15-13-23/h4,6-15,17,19-20H,3,5,16,18,21H2,1-2H3/b7-4-,9-8-,11-10-,22-20-,29-26+. The van der Waals surface area contributed by atoms with Crippen LogP contribution in [0.25, 0.3) is 11.3 Å². The summed E-state index contributed by atoms with van der Waals surface area (Å²) in [7, 11) is 0. The van der Waals surface area contributed by atoms with E-state index in [0.29, 0.717) is 23.8 Å². The molecule has 0 unspecified atom stereocenters. The molecule has 0 amide bonds. The normalized spacial score (nSPS) is 12.7. The fraction of sp³-hybridized carbons (Fsp3) is 0.222. The summed E-state index contributed by atoms with van der Waals surface area (Å²) in [6, 6.07) is 7.71. The third-order valence-electron chi connectivity index (χ3n) is 4.46. The zero-order valence-corrected chi connectivity index (χ0v) is 19.6. The van der Waals surface area contributed by atoms with Crippen LogP contribution in [-0.4, -0.2) is 35.2 Å². The van der Waals surface area contributed by atoms with Gasteiger partial charge in [0.15, 0.2) is 5.76 Å². The topological polar surface area (TPSA) is 67.9 Å². The van der Waals surface area contributed by atoms with Gasteiger partial charge in [-0.15, -0.1) is 0 Å². The maximum absolute atomic E-state index is 13.2. The summed E-state index contributed by atoms with van der Waals surface area (Å²) in [6.45, 7) is 8.51. The molecule has 0 aliphatic heterocycles. The minimum Gasteiger partial charge on any atom is -0.395 e. The molecule has 7 heteroatoms. The summed E-state index contributed by atoms with van der Waals surface area (Å²) in [6.07, 6.45) is 16.7. The first kappa shape index (κ1) is 26.3. The smallest absolute Gasteiger partial charge is 0.186 e. The van der Waals surface area contributed by atoms with Crippen molar-refractivity contribution in [2.45, 2.75) is 26.7 Å². The van der Waals surface area contributed by atoms with E-state index >= 15 is 0 Å². The van der Waals surface area contributed by atoms with E-state index in [1.165, 1.54) is 12.1 Å². The largest absolute Gasteiger partial charge is 0.395 e. The van der Waals surface area contributed by atoms with E-state index in [4.69, 9.17) is 9.36 Å². The first-order valence-electron chi connectivity index (χ1n) is 11.0. The second-order valence-electron chi connectivity index (χ2n) is 7.15. The second-order valence-corrected chi connectivity index (χ2v) is 7.15. The molecule has 0 radical (unpaired) electrons. The Morgan fingerprint density at radius 1 is 1.24 bits per heavy atom. The number of rotatable bonds is 14. The predicted molar refractivity (Wildman–Crippen MR) is 133 cm³/mol. The molecule has 0 N–H and O–H groups in total. The van der Waals surface area contributed by atoms with Crippen molar-refractivity contribution in [1.29, 1.82) is 0 Å². The fourth-order valence-corrected chi connectivity index (χ4v) is 2.76. The number of carbonyl (C=O) groups excluding carboxylic acids is 1. The number of aldehydes is 1. The average Bonchev–Trinajstić information content (AvgIpc) is 3.33. The van der Waals surface area contributed by atoms with Gasteiger partial charge in [-0.3, -0.25) is 0 Å². The van der Waals surface area contributed by atoms with Crippen LogP contribution < -0.4 is 0 Å². The van der Waals surface area contributed by atoms with Crippen molar-refractivity contribution in [2.75, 3.05) is 13.2 Å². The number of allylic oxidation sites excluding steroid dienone is 7. The first-order valence-corrected chi connectivity index (χ1v) is 11.0. The molecule has 0 aliphatic rings. The van der Waals surface area contributed by atoms with Gasteiger partial charge in [-0.25, -0.2) is 4.39 Å². The molecule has 0 aliphatic carbocycles. The van der Waals surface area contributed by atoms with Crippen molar-refractivity contribution in [2.24, 2.45) is 5.16 Å².